The molecule has 5 rings (SSSR count). The summed E-state index contributed by atoms with van der Waals surface area (Å²) in [6.07, 6.45) is 3.00. The number of hydrogen-bond donors (Lipinski definition) is 0. The molecule has 1 unspecified atom stereocenters. The summed E-state index contributed by atoms with van der Waals surface area (Å²) in [4.78, 5) is 15.6. The lowest BCUT2D eigenvalue weighted by Crippen LogP contribution is -2.43. The number of ether oxygens (including phenoxy) is 3. The summed E-state index contributed by atoms with van der Waals surface area (Å²) in [6, 6.07) is 7.13. The van der Waals surface area contributed by atoms with Crippen molar-refractivity contribution in [1.29, 1.82) is 0 Å². The van der Waals surface area contributed by atoms with Gasteiger partial charge in [0.25, 0.3) is 0 Å². The van der Waals surface area contributed by atoms with E-state index in [9.17, 15) is 4.79 Å². The van der Waals surface area contributed by atoms with Crippen LogP contribution < -0.4 is 19.1 Å². The maximum absolute atomic E-state index is 13.8. The molecular formula is C21H19Cl2NO4. The van der Waals surface area contributed by atoms with Crippen molar-refractivity contribution in [2.24, 2.45) is 0 Å². The van der Waals surface area contributed by atoms with Gasteiger partial charge < -0.3 is 19.1 Å². The third-order valence-corrected chi connectivity index (χ3v) is 6.37. The van der Waals surface area contributed by atoms with Crippen molar-refractivity contribution in [3.8, 4) is 17.2 Å². The molecular weight excluding hydrogens is 401 g/mol. The van der Waals surface area contributed by atoms with Crippen LogP contribution >= 0.6 is 23.2 Å². The average Bonchev–Trinajstić information content (AvgIpc) is 3.35. The molecule has 146 valence electrons. The molecule has 1 amide bonds. The molecule has 0 aliphatic carbocycles. The van der Waals surface area contributed by atoms with Crippen LogP contribution in [0, 0.1) is 0 Å². The molecule has 0 bridgehead atoms. The predicted molar refractivity (Wildman–Crippen MR) is 107 cm³/mol. The monoisotopic (exact) mass is 419 g/mol. The topological polar surface area (TPSA) is 48.0 Å². The molecule has 7 heteroatoms. The highest BCUT2D eigenvalue weighted by Gasteiger charge is 2.59. The number of unbranched alkanes of at least 4 members (excludes halogenated alkanes) is 2. The number of hydrogen-bond acceptors (Lipinski definition) is 4. The van der Waals surface area contributed by atoms with E-state index in [4.69, 9.17) is 37.4 Å². The molecule has 2 aromatic carbocycles. The summed E-state index contributed by atoms with van der Waals surface area (Å²) in [6.45, 7) is 3.07. The Balaban J connectivity index is 1.71. The molecule has 3 heterocycles. The normalized spacial score (nSPS) is 21.2. The van der Waals surface area contributed by atoms with Gasteiger partial charge in [0.2, 0.25) is 12.7 Å². The minimum atomic E-state index is -1.01. The van der Waals surface area contributed by atoms with Gasteiger partial charge in [-0.05, 0) is 24.6 Å². The van der Waals surface area contributed by atoms with Crippen LogP contribution in [0.1, 0.15) is 37.3 Å². The maximum atomic E-state index is 13.8. The van der Waals surface area contributed by atoms with E-state index in [-0.39, 0.29) is 19.3 Å². The van der Waals surface area contributed by atoms with Gasteiger partial charge >= 0.3 is 0 Å². The van der Waals surface area contributed by atoms with Crippen molar-refractivity contribution in [3.05, 3.63) is 45.4 Å². The van der Waals surface area contributed by atoms with Crippen LogP contribution in [0.4, 0.5) is 5.69 Å². The Morgan fingerprint density at radius 1 is 1.04 bits per heavy atom. The van der Waals surface area contributed by atoms with E-state index in [0.29, 0.717) is 39.5 Å². The number of halogens is 2. The van der Waals surface area contributed by atoms with Gasteiger partial charge in [-0.3, -0.25) is 4.79 Å². The standard InChI is InChI=1S/C21H19Cl2NO4/c1-2-3-4-7-24-19-14(23)6-5-13(22)18(19)21(20(24)25)10-26-15-9-17-16(8-12(15)21)27-11-28-17/h5-6,8-9H,2-4,7,10-11H2,1H3. The summed E-state index contributed by atoms with van der Waals surface area (Å²) in [7, 11) is 0. The van der Waals surface area contributed by atoms with Gasteiger partial charge in [-0.2, -0.15) is 0 Å². The first kappa shape index (κ1) is 18.0. The first-order valence-electron chi connectivity index (χ1n) is 9.45. The lowest BCUT2D eigenvalue weighted by Gasteiger charge is -2.23. The fourth-order valence-electron chi connectivity index (χ4n) is 4.41. The number of anilines is 1. The summed E-state index contributed by atoms with van der Waals surface area (Å²) in [5.41, 5.74) is 1.16. The first-order chi connectivity index (χ1) is 13.6. The van der Waals surface area contributed by atoms with Gasteiger partial charge in [-0.25, -0.2) is 0 Å². The van der Waals surface area contributed by atoms with Crippen LogP contribution in [0.25, 0.3) is 0 Å². The number of carbonyl (C=O) groups excluding carboxylic acids is 1. The Morgan fingerprint density at radius 3 is 2.57 bits per heavy atom. The molecule has 3 aliphatic rings. The second-order valence-corrected chi connectivity index (χ2v) is 8.13. The molecule has 0 saturated carbocycles. The molecule has 0 fully saturated rings. The van der Waals surface area contributed by atoms with Crippen molar-refractivity contribution in [1.82, 2.24) is 0 Å². The second-order valence-electron chi connectivity index (χ2n) is 7.31. The number of benzene rings is 2. The smallest absolute Gasteiger partial charge is 0.245 e. The predicted octanol–water partition coefficient (Wildman–Crippen LogP) is 4.94. The van der Waals surface area contributed by atoms with Crippen LogP contribution in [0.2, 0.25) is 10.0 Å². The molecule has 1 atom stereocenters. The first-order valence-corrected chi connectivity index (χ1v) is 10.2. The Kier molecular flexibility index (Phi) is 4.14. The number of amides is 1. The zero-order valence-electron chi connectivity index (χ0n) is 15.4. The van der Waals surface area contributed by atoms with E-state index in [1.165, 1.54) is 0 Å². The zero-order chi connectivity index (χ0) is 19.5. The van der Waals surface area contributed by atoms with E-state index < -0.39 is 5.41 Å². The van der Waals surface area contributed by atoms with Crippen LogP contribution in [0.3, 0.4) is 0 Å². The number of rotatable bonds is 4. The van der Waals surface area contributed by atoms with E-state index in [1.54, 1.807) is 23.1 Å². The lowest BCUT2D eigenvalue weighted by molar-refractivity contribution is -0.122. The van der Waals surface area contributed by atoms with Gasteiger partial charge in [-0.15, -0.1) is 0 Å². The summed E-state index contributed by atoms with van der Waals surface area (Å²) in [5, 5.41) is 1.04. The molecule has 5 nitrogen and oxygen atoms in total. The van der Waals surface area contributed by atoms with Crippen LogP contribution in [-0.2, 0) is 10.2 Å². The Hall–Kier alpha value is -2.11. The fraction of sp³-hybridized carbons (Fsp3) is 0.381. The molecule has 0 saturated heterocycles. The van der Waals surface area contributed by atoms with Crippen LogP contribution in [0.15, 0.2) is 24.3 Å². The molecule has 3 aliphatic heterocycles. The largest absolute Gasteiger partial charge is 0.491 e. The van der Waals surface area contributed by atoms with Crippen molar-refractivity contribution in [2.45, 2.75) is 31.6 Å². The van der Waals surface area contributed by atoms with Crippen LogP contribution in [0.5, 0.6) is 17.2 Å². The molecule has 0 aromatic heterocycles. The Labute approximate surface area is 173 Å². The minimum absolute atomic E-state index is 0.0498. The second kappa shape index (κ2) is 6.46. The molecule has 28 heavy (non-hydrogen) atoms. The number of nitrogens with zero attached hydrogens (tertiary/aromatic N) is 1. The van der Waals surface area contributed by atoms with Crippen molar-refractivity contribution < 1.29 is 19.0 Å². The van der Waals surface area contributed by atoms with Crippen molar-refractivity contribution in [2.75, 3.05) is 24.8 Å². The maximum Gasteiger partial charge on any atom is 0.245 e. The summed E-state index contributed by atoms with van der Waals surface area (Å²) >= 11 is 13.2. The third-order valence-electron chi connectivity index (χ3n) is 5.75. The van der Waals surface area contributed by atoms with E-state index in [2.05, 4.69) is 6.92 Å². The Bertz CT molecular complexity index is 993. The van der Waals surface area contributed by atoms with Gasteiger partial charge in [0.1, 0.15) is 17.8 Å². The zero-order valence-corrected chi connectivity index (χ0v) is 16.9. The number of carbonyl (C=O) groups is 1. The fourth-order valence-corrected chi connectivity index (χ4v) is 4.98. The molecule has 2 aromatic rings. The lowest BCUT2D eigenvalue weighted by atomic mass is 9.77. The SMILES string of the molecule is CCCCCN1C(=O)C2(COc3cc4c(cc32)OCO4)c2c(Cl)ccc(Cl)c21. The highest BCUT2D eigenvalue weighted by molar-refractivity contribution is 6.38. The molecule has 0 N–H and O–H groups in total. The van der Waals surface area contributed by atoms with Gasteiger partial charge in [0, 0.05) is 28.8 Å². The quantitative estimate of drug-likeness (QED) is 0.658. The number of fused-ring (bicyclic) bond motifs is 5. The molecule has 0 radical (unpaired) electrons. The summed E-state index contributed by atoms with van der Waals surface area (Å²) < 4.78 is 17.0. The van der Waals surface area contributed by atoms with E-state index in [1.807, 2.05) is 6.07 Å². The van der Waals surface area contributed by atoms with Crippen molar-refractivity contribution in [3.63, 3.8) is 0 Å². The third kappa shape index (κ3) is 2.29. The van der Waals surface area contributed by atoms with E-state index >= 15 is 0 Å². The molecule has 1 spiro atoms. The minimum Gasteiger partial charge on any atom is -0.491 e. The van der Waals surface area contributed by atoms with Crippen LogP contribution in [-0.4, -0.2) is 25.9 Å². The van der Waals surface area contributed by atoms with Gasteiger partial charge in [0.15, 0.2) is 11.5 Å². The average molecular weight is 420 g/mol. The van der Waals surface area contributed by atoms with Gasteiger partial charge in [0.05, 0.1) is 10.7 Å². The summed E-state index contributed by atoms with van der Waals surface area (Å²) in [5.74, 6) is 1.81. The highest BCUT2D eigenvalue weighted by atomic mass is 35.5. The van der Waals surface area contributed by atoms with Crippen molar-refractivity contribution >= 4 is 34.8 Å². The van der Waals surface area contributed by atoms with Gasteiger partial charge in [-0.1, -0.05) is 43.0 Å². The van der Waals surface area contributed by atoms with E-state index in [0.717, 1.165) is 30.4 Å². The highest BCUT2D eigenvalue weighted by Crippen LogP contribution is 2.58. The Morgan fingerprint density at radius 2 is 1.79 bits per heavy atom.